The van der Waals surface area contributed by atoms with Crippen molar-refractivity contribution in [2.75, 3.05) is 18.9 Å². The van der Waals surface area contributed by atoms with E-state index in [1.165, 1.54) is 13.1 Å². The maximum Gasteiger partial charge on any atom is 0.417 e. The van der Waals surface area contributed by atoms with E-state index >= 15 is 0 Å². The summed E-state index contributed by atoms with van der Waals surface area (Å²) in [5.74, 6) is -0.605. The third-order valence-corrected chi connectivity index (χ3v) is 4.05. The van der Waals surface area contributed by atoms with Crippen LogP contribution in [-0.4, -0.2) is 36.4 Å². The highest BCUT2D eigenvalue weighted by Gasteiger charge is 2.33. The number of nitrogens with one attached hydrogen (secondary N) is 1. The molecule has 1 atom stereocenters. The number of amides is 2. The summed E-state index contributed by atoms with van der Waals surface area (Å²) in [7, 11) is 1.40. The molecule has 0 heterocycles. The first-order valence-electron chi connectivity index (χ1n) is 8.21. The fourth-order valence-corrected chi connectivity index (χ4v) is 2.60. The third kappa shape index (κ3) is 5.88. The van der Waals surface area contributed by atoms with Gasteiger partial charge in [-0.1, -0.05) is 29.8 Å². The minimum absolute atomic E-state index is 0.0730. The predicted octanol–water partition coefficient (Wildman–Crippen LogP) is 4.22. The van der Waals surface area contributed by atoms with Crippen molar-refractivity contribution in [1.29, 1.82) is 0 Å². The van der Waals surface area contributed by atoms with Crippen LogP contribution in [0.5, 0.6) is 5.75 Å². The molecule has 0 radical (unpaired) electrons. The Morgan fingerprint density at radius 1 is 1.18 bits per heavy atom. The van der Waals surface area contributed by atoms with E-state index in [4.69, 9.17) is 16.3 Å². The molecule has 2 amide bonds. The van der Waals surface area contributed by atoms with Gasteiger partial charge in [0.25, 0.3) is 5.91 Å². The minimum Gasteiger partial charge on any atom is -0.481 e. The fraction of sp³-hybridized carbons (Fsp3) is 0.263. The molecule has 0 saturated heterocycles. The number of para-hydroxylation sites is 1. The molecule has 2 aromatic carbocycles. The van der Waals surface area contributed by atoms with Crippen LogP contribution in [-0.2, 0) is 15.8 Å². The molecule has 2 rings (SSSR count). The summed E-state index contributed by atoms with van der Waals surface area (Å²) in [5.41, 5.74) is -1.13. The number of likely N-dealkylation sites (N-methyl/N-ethyl adjacent to an activating group) is 1. The molecule has 0 aliphatic rings. The lowest BCUT2D eigenvalue weighted by Crippen LogP contribution is -2.42. The molecule has 9 heteroatoms. The van der Waals surface area contributed by atoms with Gasteiger partial charge in [0.05, 0.1) is 17.1 Å². The quantitative estimate of drug-likeness (QED) is 0.769. The van der Waals surface area contributed by atoms with Crippen LogP contribution < -0.4 is 10.1 Å². The van der Waals surface area contributed by atoms with Gasteiger partial charge in [-0.3, -0.25) is 9.59 Å². The van der Waals surface area contributed by atoms with Crippen LogP contribution in [0.4, 0.5) is 18.9 Å². The number of benzene rings is 2. The van der Waals surface area contributed by atoms with Crippen molar-refractivity contribution in [1.82, 2.24) is 4.90 Å². The van der Waals surface area contributed by atoms with E-state index in [1.807, 2.05) is 0 Å². The van der Waals surface area contributed by atoms with E-state index in [0.717, 1.165) is 17.0 Å². The molecule has 150 valence electrons. The van der Waals surface area contributed by atoms with Gasteiger partial charge in [0.15, 0.2) is 6.10 Å². The lowest BCUT2D eigenvalue weighted by atomic mass is 10.2. The molecule has 0 aromatic heterocycles. The zero-order valence-electron chi connectivity index (χ0n) is 15.1. The molecule has 0 spiro atoms. The lowest BCUT2D eigenvalue weighted by Gasteiger charge is -2.22. The van der Waals surface area contributed by atoms with Crippen LogP contribution in [0, 0.1) is 0 Å². The highest BCUT2D eigenvalue weighted by Crippen LogP contribution is 2.36. The second-order valence-corrected chi connectivity index (χ2v) is 6.42. The van der Waals surface area contributed by atoms with Gasteiger partial charge in [-0.15, -0.1) is 0 Å². The number of nitrogens with zero attached hydrogens (tertiary/aromatic N) is 1. The van der Waals surface area contributed by atoms with Crippen molar-refractivity contribution in [2.24, 2.45) is 0 Å². The normalized spacial score (nSPS) is 12.2. The Morgan fingerprint density at radius 2 is 1.82 bits per heavy atom. The molecule has 0 aliphatic heterocycles. The average molecular weight is 415 g/mol. The summed E-state index contributed by atoms with van der Waals surface area (Å²) in [6.07, 6.45) is -5.48. The lowest BCUT2D eigenvalue weighted by molar-refractivity contribution is -0.139. The van der Waals surface area contributed by atoms with Crippen molar-refractivity contribution in [3.8, 4) is 5.75 Å². The molecule has 28 heavy (non-hydrogen) atoms. The molecule has 2 aromatic rings. The van der Waals surface area contributed by atoms with Gasteiger partial charge in [-0.2, -0.15) is 13.2 Å². The van der Waals surface area contributed by atoms with Crippen LogP contribution in [0.2, 0.25) is 5.02 Å². The summed E-state index contributed by atoms with van der Waals surface area (Å²) in [6, 6.07) is 11.7. The Bertz CT molecular complexity index is 844. The Morgan fingerprint density at radius 3 is 2.43 bits per heavy atom. The van der Waals surface area contributed by atoms with Crippen LogP contribution in [0.25, 0.3) is 0 Å². The van der Waals surface area contributed by atoms with Crippen LogP contribution in [0.1, 0.15) is 12.5 Å². The van der Waals surface area contributed by atoms with Gasteiger partial charge >= 0.3 is 6.18 Å². The van der Waals surface area contributed by atoms with Crippen LogP contribution >= 0.6 is 11.6 Å². The molecule has 0 fully saturated rings. The maximum atomic E-state index is 12.9. The van der Waals surface area contributed by atoms with E-state index in [0.29, 0.717) is 5.75 Å². The average Bonchev–Trinajstić information content (AvgIpc) is 2.62. The number of rotatable bonds is 6. The van der Waals surface area contributed by atoms with E-state index < -0.39 is 34.7 Å². The van der Waals surface area contributed by atoms with E-state index in [-0.39, 0.29) is 12.2 Å². The smallest absolute Gasteiger partial charge is 0.417 e. The van der Waals surface area contributed by atoms with Crippen molar-refractivity contribution < 1.29 is 27.5 Å². The Hall–Kier alpha value is -2.74. The summed E-state index contributed by atoms with van der Waals surface area (Å²) >= 11 is 5.55. The number of carbonyl (C=O) groups is 2. The first-order chi connectivity index (χ1) is 13.1. The van der Waals surface area contributed by atoms with Crippen molar-refractivity contribution in [2.45, 2.75) is 19.2 Å². The summed E-state index contributed by atoms with van der Waals surface area (Å²) in [5, 5.41) is 1.86. The summed E-state index contributed by atoms with van der Waals surface area (Å²) in [6.45, 7) is 1.18. The van der Waals surface area contributed by atoms with Crippen molar-refractivity contribution >= 4 is 29.1 Å². The standard InChI is InChI=1S/C19H18ClF3N2O3/c1-12(28-14-6-4-3-5-7-14)18(27)25(2)11-17(26)24-13-8-9-16(20)15(10-13)19(21,22)23/h3-10,12H,11H2,1-2H3,(H,24,26). The van der Waals surface area contributed by atoms with Gasteiger partial charge in [0, 0.05) is 12.7 Å². The van der Waals surface area contributed by atoms with Crippen molar-refractivity contribution in [3.63, 3.8) is 0 Å². The van der Waals surface area contributed by atoms with Crippen LogP contribution in [0.3, 0.4) is 0 Å². The number of hydrogen-bond donors (Lipinski definition) is 1. The Kier molecular flexibility index (Phi) is 6.90. The number of ether oxygens (including phenoxy) is 1. The van der Waals surface area contributed by atoms with Gasteiger partial charge in [0.2, 0.25) is 5.91 Å². The van der Waals surface area contributed by atoms with E-state index in [1.54, 1.807) is 37.3 Å². The Labute approximate surface area is 165 Å². The van der Waals surface area contributed by atoms with Crippen molar-refractivity contribution in [3.05, 3.63) is 59.1 Å². The number of carbonyl (C=O) groups excluding carboxylic acids is 2. The number of hydrogen-bond acceptors (Lipinski definition) is 3. The molecular weight excluding hydrogens is 397 g/mol. The minimum atomic E-state index is -4.64. The van der Waals surface area contributed by atoms with Gasteiger partial charge in [-0.05, 0) is 37.3 Å². The number of halogens is 4. The molecule has 0 bridgehead atoms. The summed E-state index contributed by atoms with van der Waals surface area (Å²) in [4.78, 5) is 25.5. The topological polar surface area (TPSA) is 58.6 Å². The fourth-order valence-electron chi connectivity index (χ4n) is 2.38. The number of alkyl halides is 3. The van der Waals surface area contributed by atoms with E-state index in [2.05, 4.69) is 5.32 Å². The molecular formula is C19H18ClF3N2O3. The first-order valence-corrected chi connectivity index (χ1v) is 8.59. The molecule has 0 saturated carbocycles. The second-order valence-electron chi connectivity index (χ2n) is 6.01. The van der Waals surface area contributed by atoms with Gasteiger partial charge < -0.3 is 15.0 Å². The van der Waals surface area contributed by atoms with Crippen LogP contribution in [0.15, 0.2) is 48.5 Å². The summed E-state index contributed by atoms with van der Waals surface area (Å²) < 4.78 is 44.2. The molecule has 5 nitrogen and oxygen atoms in total. The zero-order chi connectivity index (χ0) is 20.9. The predicted molar refractivity (Wildman–Crippen MR) is 99.3 cm³/mol. The van der Waals surface area contributed by atoms with E-state index in [9.17, 15) is 22.8 Å². The maximum absolute atomic E-state index is 12.9. The zero-order valence-corrected chi connectivity index (χ0v) is 15.8. The van der Waals surface area contributed by atoms with Gasteiger partial charge in [-0.25, -0.2) is 0 Å². The molecule has 1 unspecified atom stereocenters. The van der Waals surface area contributed by atoms with Gasteiger partial charge in [0.1, 0.15) is 5.75 Å². The number of anilines is 1. The largest absolute Gasteiger partial charge is 0.481 e. The first kappa shape index (κ1) is 21.6. The second kappa shape index (κ2) is 8.97. The molecule has 0 aliphatic carbocycles. The third-order valence-electron chi connectivity index (χ3n) is 3.72. The molecule has 1 N–H and O–H groups in total. The Balaban J connectivity index is 1.96. The SMILES string of the molecule is CC(Oc1ccccc1)C(=O)N(C)CC(=O)Nc1ccc(Cl)c(C(F)(F)F)c1. The monoisotopic (exact) mass is 414 g/mol. The highest BCUT2D eigenvalue weighted by molar-refractivity contribution is 6.31. The highest BCUT2D eigenvalue weighted by atomic mass is 35.5.